The lowest BCUT2D eigenvalue weighted by Crippen LogP contribution is -2.56. The lowest BCUT2D eigenvalue weighted by atomic mass is 10.00. The van der Waals surface area contributed by atoms with Gasteiger partial charge in [0.15, 0.2) is 0 Å². The van der Waals surface area contributed by atoms with E-state index < -0.39 is 144 Å². The number of nitrogens with zero attached hydrogens (tertiary/aromatic N) is 1. The first-order chi connectivity index (χ1) is 35.7. The summed E-state index contributed by atoms with van der Waals surface area (Å²) in [5, 5.41) is 58.4. The Morgan fingerprint density at radius 3 is 1.64 bits per heavy atom. The van der Waals surface area contributed by atoms with Gasteiger partial charge in [0.2, 0.25) is 29.5 Å². The van der Waals surface area contributed by atoms with Gasteiger partial charge in [-0.25, -0.2) is 18.8 Å². The van der Waals surface area contributed by atoms with Crippen LogP contribution in [0.3, 0.4) is 0 Å². The van der Waals surface area contributed by atoms with Crippen molar-refractivity contribution in [1.82, 2.24) is 42.5 Å². The van der Waals surface area contributed by atoms with Gasteiger partial charge in [-0.1, -0.05) is 84.9 Å². The summed E-state index contributed by atoms with van der Waals surface area (Å²) in [5.74, 6) is -10.6. The second-order valence-corrected chi connectivity index (χ2v) is 16.9. The summed E-state index contributed by atoms with van der Waals surface area (Å²) in [6.07, 6.45) is -2.35. The fraction of sp³-hybridized carbons (Fsp3) is 0.320. The van der Waals surface area contributed by atoms with Crippen molar-refractivity contribution < 1.29 is 72.6 Å². The number of nitrogens with one attached hydrogen (secondary N) is 8. The van der Waals surface area contributed by atoms with Crippen LogP contribution in [0.25, 0.3) is 0 Å². The van der Waals surface area contributed by atoms with Crippen LogP contribution >= 0.6 is 0 Å². The minimum absolute atomic E-state index is 0.0189. The molecular weight excluding hydrogens is 986 g/mol. The molecule has 8 amide bonds. The molecule has 0 spiro atoms. The van der Waals surface area contributed by atoms with Crippen LogP contribution in [0, 0.1) is 22.9 Å². The normalized spacial score (nSPS) is 12.7. The van der Waals surface area contributed by atoms with Crippen molar-refractivity contribution in [2.45, 2.75) is 82.1 Å². The maximum atomic E-state index is 14.8. The van der Waals surface area contributed by atoms with E-state index in [9.17, 15) is 72.7 Å². The monoisotopic (exact) mass is 1040 g/mol. The van der Waals surface area contributed by atoms with E-state index >= 15 is 0 Å². The van der Waals surface area contributed by atoms with E-state index in [2.05, 4.69) is 31.9 Å². The Morgan fingerprint density at radius 1 is 0.560 bits per heavy atom. The van der Waals surface area contributed by atoms with Crippen LogP contribution in [0.1, 0.15) is 58.3 Å². The van der Waals surface area contributed by atoms with Crippen LogP contribution < -0.4 is 42.5 Å². The Kier molecular flexibility index (Phi) is 22.8. The van der Waals surface area contributed by atoms with Gasteiger partial charge in [-0.2, -0.15) is 0 Å². The first-order valence-corrected chi connectivity index (χ1v) is 23.2. The molecule has 4 rings (SSSR count). The quantitative estimate of drug-likeness (QED) is 0.0206. The van der Waals surface area contributed by atoms with Gasteiger partial charge >= 0.3 is 23.9 Å². The van der Waals surface area contributed by atoms with Crippen molar-refractivity contribution >= 4 is 65.1 Å². The first-order valence-electron chi connectivity index (χ1n) is 23.2. The number of nitro groups is 1. The summed E-state index contributed by atoms with van der Waals surface area (Å²) in [5.41, 5.74) is 1.36. The average Bonchev–Trinajstić information content (AvgIpc) is 3.37. The summed E-state index contributed by atoms with van der Waals surface area (Å²) in [7, 11) is 0. The number of carboxylic acid groups (broad SMARTS) is 3. The fourth-order valence-electron chi connectivity index (χ4n) is 7.24. The van der Waals surface area contributed by atoms with E-state index in [1.54, 1.807) is 91.9 Å². The molecule has 5 atom stereocenters. The van der Waals surface area contributed by atoms with Crippen molar-refractivity contribution in [1.29, 1.82) is 0 Å². The predicted molar refractivity (Wildman–Crippen MR) is 263 cm³/mol. The molecule has 4 aromatic carbocycles. The van der Waals surface area contributed by atoms with Gasteiger partial charge in [-0.05, 0) is 48.1 Å². The number of aliphatic carboxylic acids is 3. The van der Waals surface area contributed by atoms with Crippen molar-refractivity contribution in [3.8, 4) is 0 Å². The Hall–Kier alpha value is -9.29. The molecule has 0 aliphatic rings. The minimum atomic E-state index is -1.70. The maximum absolute atomic E-state index is 14.8. The number of hydrogen-bond acceptors (Lipinski definition) is 12. The average molecular weight is 1040 g/mol. The number of rotatable bonds is 29. The van der Waals surface area contributed by atoms with Gasteiger partial charge < -0.3 is 57.9 Å². The van der Waals surface area contributed by atoms with E-state index in [0.717, 1.165) is 23.8 Å². The van der Waals surface area contributed by atoms with Gasteiger partial charge in [0, 0.05) is 57.3 Å². The van der Waals surface area contributed by atoms with Gasteiger partial charge in [0.1, 0.15) is 36.0 Å². The zero-order valence-electron chi connectivity index (χ0n) is 40.3. The predicted octanol–water partition coefficient (Wildman–Crippen LogP) is 1.04. The van der Waals surface area contributed by atoms with Crippen molar-refractivity contribution in [2.24, 2.45) is 0 Å². The fourth-order valence-corrected chi connectivity index (χ4v) is 7.24. The molecular formula is C50H56FN9O15. The number of carbonyl (C=O) groups excluding carboxylic acids is 7. The highest BCUT2D eigenvalue weighted by molar-refractivity contribution is 5.99. The minimum Gasteiger partial charge on any atom is -0.481 e. The molecule has 25 heteroatoms. The molecule has 398 valence electrons. The molecule has 0 fully saturated rings. The van der Waals surface area contributed by atoms with Crippen LogP contribution in [-0.2, 0) is 57.6 Å². The number of benzene rings is 4. The molecule has 75 heavy (non-hydrogen) atoms. The Bertz CT molecular complexity index is 2710. The van der Waals surface area contributed by atoms with Crippen molar-refractivity contribution in [3.05, 3.63) is 147 Å². The molecule has 0 heterocycles. The lowest BCUT2D eigenvalue weighted by molar-refractivity contribution is -0.384. The van der Waals surface area contributed by atoms with E-state index in [4.69, 9.17) is 5.11 Å². The second kappa shape index (κ2) is 29.3. The summed E-state index contributed by atoms with van der Waals surface area (Å²) in [6, 6.07) is 17.6. The highest BCUT2D eigenvalue weighted by Gasteiger charge is 2.31. The molecule has 0 aliphatic carbocycles. The number of non-ortho nitro benzene ring substituents is 1. The zero-order chi connectivity index (χ0) is 55.0. The summed E-state index contributed by atoms with van der Waals surface area (Å²) in [4.78, 5) is 138. The molecule has 0 aliphatic heterocycles. The van der Waals surface area contributed by atoms with Crippen LogP contribution in [0.15, 0.2) is 103 Å². The SMILES string of the molecule is Cc1ccccc1C[C@H](NC(=O)CC[C@H](NC(=O)N[C@@H](CCC(=O)O)C(=O)O)C(=O)O)C(=O)NCCNC(=O)CNC(=O)[C@H](Cc1ccccc1)NC(=O)[C@H](Cc1ccccc1)NC(=O)c1cc([N+](=O)[O-])ccc1F. The van der Waals surface area contributed by atoms with Gasteiger partial charge in [-0.15, -0.1) is 0 Å². The molecule has 0 saturated carbocycles. The molecule has 4 aromatic rings. The summed E-state index contributed by atoms with van der Waals surface area (Å²) < 4.78 is 14.8. The number of nitro benzene ring substituents is 1. The zero-order valence-corrected chi connectivity index (χ0v) is 40.3. The molecule has 0 bridgehead atoms. The van der Waals surface area contributed by atoms with Crippen LogP contribution in [0.2, 0.25) is 0 Å². The van der Waals surface area contributed by atoms with Crippen LogP contribution in [0.5, 0.6) is 0 Å². The highest BCUT2D eigenvalue weighted by Crippen LogP contribution is 2.18. The molecule has 11 N–H and O–H groups in total. The Balaban J connectivity index is 1.36. The third kappa shape index (κ3) is 20.0. The Labute approximate surface area is 427 Å². The van der Waals surface area contributed by atoms with Crippen molar-refractivity contribution in [2.75, 3.05) is 19.6 Å². The van der Waals surface area contributed by atoms with E-state index in [0.29, 0.717) is 16.7 Å². The first kappa shape index (κ1) is 58.3. The Morgan fingerprint density at radius 2 is 1.08 bits per heavy atom. The standard InChI is InChI=1S/C50H56FN9O15/c1-29-10-8-9-15-32(29)26-40(55-41(61)20-18-36(48(69)70)58-50(73)59-37(49(71)72)19-21-43(63)64)45(66)53-23-22-52-42(62)28-54-46(67)38(24-30-11-4-2-5-12-30)57-47(68)39(25-31-13-6-3-7-14-31)56-44(65)34-27-33(60(74)75)16-17-35(34)51/h2-17,27,36-40H,18-26,28H2,1H3,(H,52,62)(H,53,66)(H,54,67)(H,55,61)(H,56,65)(H,57,68)(H,63,64)(H,69,70)(H,71,72)(H2,58,59,73)/t36-,37-,38-,39-,40-/m0/s1. The topological polar surface area (TPSA) is 371 Å². The third-order valence-electron chi connectivity index (χ3n) is 11.2. The number of hydrogen-bond donors (Lipinski definition) is 11. The van der Waals surface area contributed by atoms with Crippen molar-refractivity contribution in [3.63, 3.8) is 0 Å². The number of aryl methyl sites for hydroxylation is 1. The number of halogens is 1. The lowest BCUT2D eigenvalue weighted by Gasteiger charge is -2.23. The highest BCUT2D eigenvalue weighted by atomic mass is 19.1. The van der Waals surface area contributed by atoms with E-state index in [-0.39, 0.29) is 32.4 Å². The molecule has 0 aromatic heterocycles. The molecule has 0 saturated heterocycles. The van der Waals surface area contributed by atoms with E-state index in [1.807, 2.05) is 10.6 Å². The van der Waals surface area contributed by atoms with Gasteiger partial charge in [-0.3, -0.25) is 43.7 Å². The van der Waals surface area contributed by atoms with Gasteiger partial charge in [0.05, 0.1) is 17.0 Å². The number of carbonyl (C=O) groups is 10. The van der Waals surface area contributed by atoms with Crippen LogP contribution in [0.4, 0.5) is 14.9 Å². The molecule has 24 nitrogen and oxygen atoms in total. The largest absolute Gasteiger partial charge is 0.481 e. The summed E-state index contributed by atoms with van der Waals surface area (Å²) >= 11 is 0. The smallest absolute Gasteiger partial charge is 0.326 e. The number of amides is 8. The maximum Gasteiger partial charge on any atom is 0.326 e. The second-order valence-electron chi connectivity index (χ2n) is 16.9. The number of urea groups is 1. The third-order valence-corrected chi connectivity index (χ3v) is 11.2. The van der Waals surface area contributed by atoms with Gasteiger partial charge in [0.25, 0.3) is 11.6 Å². The molecule has 0 unspecified atom stereocenters. The van der Waals surface area contributed by atoms with E-state index in [1.165, 1.54) is 0 Å². The van der Waals surface area contributed by atoms with Crippen LogP contribution in [-0.4, -0.2) is 129 Å². The summed E-state index contributed by atoms with van der Waals surface area (Å²) in [6.45, 7) is 0.827. The number of carboxylic acids is 3. The molecule has 0 radical (unpaired) electrons.